The van der Waals surface area contributed by atoms with E-state index in [9.17, 15) is 13.6 Å². The number of oxazole rings is 1. The van der Waals surface area contributed by atoms with Crippen molar-refractivity contribution in [3.8, 4) is 0 Å². The van der Waals surface area contributed by atoms with Crippen LogP contribution < -0.4 is 11.1 Å². The Hall–Kier alpha value is -1.85. The van der Waals surface area contributed by atoms with E-state index in [1.807, 2.05) is 0 Å². The van der Waals surface area contributed by atoms with Gasteiger partial charge in [0.25, 0.3) is 6.43 Å². The van der Waals surface area contributed by atoms with Crippen molar-refractivity contribution in [2.45, 2.75) is 19.4 Å². The normalized spacial score (nSPS) is 13.2. The quantitative estimate of drug-likeness (QED) is 0.846. The van der Waals surface area contributed by atoms with Gasteiger partial charge in [0.05, 0.1) is 11.6 Å². The van der Waals surface area contributed by atoms with Crippen molar-refractivity contribution in [3.05, 3.63) is 28.7 Å². The maximum Gasteiger partial charge on any atom is 0.417 e. The number of fused-ring (bicyclic) bond motifs is 1. The van der Waals surface area contributed by atoms with Crippen LogP contribution in [0.1, 0.15) is 6.92 Å². The molecule has 0 aliphatic heterocycles. The highest BCUT2D eigenvalue weighted by atomic mass is 19.3. The molecule has 0 saturated heterocycles. The number of aromatic nitrogens is 1. The molecule has 86 valence electrons. The van der Waals surface area contributed by atoms with Gasteiger partial charge in [0, 0.05) is 5.69 Å². The highest BCUT2D eigenvalue weighted by Gasteiger charge is 2.14. The fourth-order valence-electron chi connectivity index (χ4n) is 1.37. The summed E-state index contributed by atoms with van der Waals surface area (Å²) in [6.07, 6.45) is -2.45. The lowest BCUT2D eigenvalue weighted by atomic mass is 10.2. The van der Waals surface area contributed by atoms with Gasteiger partial charge in [-0.15, -0.1) is 0 Å². The van der Waals surface area contributed by atoms with Crippen LogP contribution in [0.15, 0.2) is 27.4 Å². The molecule has 0 spiro atoms. The minimum absolute atomic E-state index is 0.403. The van der Waals surface area contributed by atoms with E-state index in [4.69, 9.17) is 4.42 Å². The van der Waals surface area contributed by atoms with Crippen molar-refractivity contribution >= 4 is 16.8 Å². The smallest absolute Gasteiger partial charge is 0.408 e. The number of anilines is 1. The average molecular weight is 228 g/mol. The first-order valence-electron chi connectivity index (χ1n) is 4.74. The SMILES string of the molecule is CC(Nc1ccc2oc(=O)[nH]c2c1)C(F)F. The molecule has 1 aromatic heterocycles. The molecule has 1 atom stereocenters. The fraction of sp³-hybridized carbons (Fsp3) is 0.300. The van der Waals surface area contributed by atoms with Crippen LogP contribution in [0, 0.1) is 0 Å². The van der Waals surface area contributed by atoms with Gasteiger partial charge < -0.3 is 9.73 Å². The number of hydrogen-bond donors (Lipinski definition) is 2. The number of halogens is 2. The Labute approximate surface area is 89.3 Å². The van der Waals surface area contributed by atoms with Crippen molar-refractivity contribution in [3.63, 3.8) is 0 Å². The number of nitrogens with one attached hydrogen (secondary N) is 2. The van der Waals surface area contributed by atoms with Crippen LogP contribution in [0.2, 0.25) is 0 Å². The molecule has 0 fully saturated rings. The number of benzene rings is 1. The number of aromatic amines is 1. The van der Waals surface area contributed by atoms with Crippen molar-refractivity contribution in [1.82, 2.24) is 4.98 Å². The fourth-order valence-corrected chi connectivity index (χ4v) is 1.37. The van der Waals surface area contributed by atoms with E-state index < -0.39 is 18.2 Å². The highest BCUT2D eigenvalue weighted by Crippen LogP contribution is 2.18. The summed E-state index contributed by atoms with van der Waals surface area (Å²) >= 11 is 0. The second-order valence-electron chi connectivity index (χ2n) is 3.49. The van der Waals surface area contributed by atoms with Gasteiger partial charge in [0.2, 0.25) is 0 Å². The molecule has 2 aromatic rings. The summed E-state index contributed by atoms with van der Waals surface area (Å²) in [5.74, 6) is -0.561. The summed E-state index contributed by atoms with van der Waals surface area (Å²) < 4.78 is 29.4. The first kappa shape index (κ1) is 10.7. The third-order valence-corrected chi connectivity index (χ3v) is 2.19. The third kappa shape index (κ3) is 2.05. The lowest BCUT2D eigenvalue weighted by molar-refractivity contribution is 0.131. The summed E-state index contributed by atoms with van der Waals surface area (Å²) in [5, 5.41) is 2.63. The monoisotopic (exact) mass is 228 g/mol. The predicted octanol–water partition coefficient (Wildman–Crippen LogP) is 2.19. The maximum absolute atomic E-state index is 12.3. The standard InChI is InChI=1S/C10H10F2N2O2/c1-5(9(11)12)13-6-2-3-8-7(4-6)14-10(15)16-8/h2-5,9,13H,1H3,(H,14,15). The maximum atomic E-state index is 12.3. The van der Waals surface area contributed by atoms with Crippen molar-refractivity contribution < 1.29 is 13.2 Å². The Morgan fingerprint density at radius 3 is 2.88 bits per heavy atom. The van der Waals surface area contributed by atoms with Crippen LogP contribution in [0.4, 0.5) is 14.5 Å². The van der Waals surface area contributed by atoms with Gasteiger partial charge in [0.15, 0.2) is 5.58 Å². The van der Waals surface area contributed by atoms with E-state index in [2.05, 4.69) is 10.3 Å². The zero-order valence-corrected chi connectivity index (χ0v) is 8.46. The average Bonchev–Trinajstić information content (AvgIpc) is 2.57. The molecular formula is C10H10F2N2O2. The Bertz CT molecular complexity index is 547. The second-order valence-corrected chi connectivity index (χ2v) is 3.49. The van der Waals surface area contributed by atoms with Crippen LogP contribution in [-0.2, 0) is 0 Å². The molecule has 4 nitrogen and oxygen atoms in total. The molecule has 1 heterocycles. The topological polar surface area (TPSA) is 58.0 Å². The Kier molecular flexibility index (Phi) is 2.64. The summed E-state index contributed by atoms with van der Waals surface area (Å²) in [6.45, 7) is 1.38. The number of rotatable bonds is 3. The summed E-state index contributed by atoms with van der Waals surface area (Å²) in [4.78, 5) is 13.3. The lowest BCUT2D eigenvalue weighted by Gasteiger charge is -2.13. The molecule has 1 aromatic carbocycles. The van der Waals surface area contributed by atoms with E-state index >= 15 is 0 Å². The minimum atomic E-state index is -2.45. The van der Waals surface area contributed by atoms with Gasteiger partial charge in [-0.2, -0.15) is 0 Å². The number of alkyl halides is 2. The number of H-pyrrole nitrogens is 1. The highest BCUT2D eigenvalue weighted by molar-refractivity contribution is 5.76. The molecule has 0 bridgehead atoms. The Balaban J connectivity index is 2.28. The molecule has 0 saturated carbocycles. The third-order valence-electron chi connectivity index (χ3n) is 2.19. The molecule has 1 unspecified atom stereocenters. The van der Waals surface area contributed by atoms with Gasteiger partial charge in [-0.05, 0) is 25.1 Å². The van der Waals surface area contributed by atoms with Gasteiger partial charge >= 0.3 is 5.76 Å². The Morgan fingerprint density at radius 1 is 1.44 bits per heavy atom. The van der Waals surface area contributed by atoms with Crippen LogP contribution >= 0.6 is 0 Å². The zero-order valence-electron chi connectivity index (χ0n) is 8.46. The van der Waals surface area contributed by atoms with Crippen molar-refractivity contribution in [2.24, 2.45) is 0 Å². The first-order chi connectivity index (χ1) is 7.56. The van der Waals surface area contributed by atoms with E-state index in [0.717, 1.165) is 0 Å². The number of hydrogen-bond acceptors (Lipinski definition) is 3. The molecule has 2 N–H and O–H groups in total. The van der Waals surface area contributed by atoms with Gasteiger partial charge in [-0.1, -0.05) is 0 Å². The van der Waals surface area contributed by atoms with Crippen LogP contribution in [-0.4, -0.2) is 17.5 Å². The molecule has 6 heteroatoms. The van der Waals surface area contributed by atoms with Gasteiger partial charge in [0.1, 0.15) is 0 Å². The predicted molar refractivity (Wildman–Crippen MR) is 55.9 cm³/mol. The molecule has 0 amide bonds. The van der Waals surface area contributed by atoms with Crippen LogP contribution in [0.25, 0.3) is 11.1 Å². The van der Waals surface area contributed by atoms with Crippen molar-refractivity contribution in [2.75, 3.05) is 5.32 Å². The molecule has 0 aliphatic rings. The zero-order chi connectivity index (χ0) is 11.7. The molecule has 16 heavy (non-hydrogen) atoms. The molecule has 0 aliphatic carbocycles. The van der Waals surface area contributed by atoms with Gasteiger partial charge in [-0.25, -0.2) is 13.6 Å². The summed E-state index contributed by atoms with van der Waals surface area (Å²) in [5.41, 5.74) is 1.40. The Morgan fingerprint density at radius 2 is 2.19 bits per heavy atom. The van der Waals surface area contributed by atoms with Crippen molar-refractivity contribution in [1.29, 1.82) is 0 Å². The van der Waals surface area contributed by atoms with Crippen LogP contribution in [0.5, 0.6) is 0 Å². The van der Waals surface area contributed by atoms with E-state index in [-0.39, 0.29) is 0 Å². The van der Waals surface area contributed by atoms with E-state index in [1.165, 1.54) is 6.92 Å². The van der Waals surface area contributed by atoms with E-state index in [0.29, 0.717) is 16.8 Å². The molecular weight excluding hydrogens is 218 g/mol. The van der Waals surface area contributed by atoms with Gasteiger partial charge in [-0.3, -0.25) is 4.98 Å². The lowest BCUT2D eigenvalue weighted by Crippen LogP contribution is -2.23. The van der Waals surface area contributed by atoms with Crippen LogP contribution in [0.3, 0.4) is 0 Å². The largest absolute Gasteiger partial charge is 0.417 e. The van der Waals surface area contributed by atoms with E-state index in [1.54, 1.807) is 18.2 Å². The first-order valence-corrected chi connectivity index (χ1v) is 4.74. The summed E-state index contributed by atoms with van der Waals surface area (Å²) in [7, 11) is 0. The minimum Gasteiger partial charge on any atom is -0.408 e. The second kappa shape index (κ2) is 3.96. The molecule has 0 radical (unpaired) electrons. The summed E-state index contributed by atoms with van der Waals surface area (Å²) in [6, 6.07) is 3.74. The molecule has 2 rings (SSSR count).